The molecule has 2 aromatic carbocycles. The molecule has 0 saturated carbocycles. The van der Waals surface area contributed by atoms with Crippen LogP contribution < -0.4 is 5.32 Å². The number of hydrogen-bond acceptors (Lipinski definition) is 4. The predicted octanol–water partition coefficient (Wildman–Crippen LogP) is 6.57. The van der Waals surface area contributed by atoms with E-state index in [1.807, 2.05) is 24.3 Å². The average molecular weight is 467 g/mol. The summed E-state index contributed by atoms with van der Waals surface area (Å²) in [6, 6.07) is 13.3. The van der Waals surface area contributed by atoms with E-state index in [2.05, 4.69) is 38.2 Å². The number of halogens is 2. The van der Waals surface area contributed by atoms with Crippen LogP contribution in [0.25, 0.3) is 11.4 Å². The van der Waals surface area contributed by atoms with Crippen molar-refractivity contribution in [3.63, 3.8) is 0 Å². The van der Waals surface area contributed by atoms with E-state index in [9.17, 15) is 4.79 Å². The molecule has 5 rings (SSSR count). The van der Waals surface area contributed by atoms with E-state index in [4.69, 9.17) is 33.3 Å². The Balaban J connectivity index is 1.64. The van der Waals surface area contributed by atoms with Gasteiger partial charge >= 0.3 is 0 Å². The Morgan fingerprint density at radius 1 is 1.06 bits per heavy atom. The van der Waals surface area contributed by atoms with Crippen LogP contribution in [0, 0.1) is 0 Å². The van der Waals surface area contributed by atoms with E-state index in [0.29, 0.717) is 33.8 Å². The lowest BCUT2D eigenvalue weighted by Gasteiger charge is -2.32. The molecule has 2 heterocycles. The number of nitrogens with zero attached hydrogens (tertiary/aromatic N) is 3. The molecule has 0 fully saturated rings. The van der Waals surface area contributed by atoms with Gasteiger partial charge in [0.15, 0.2) is 11.6 Å². The Kier molecular flexibility index (Phi) is 5.14. The maximum absolute atomic E-state index is 13.0. The van der Waals surface area contributed by atoms with Crippen LogP contribution >= 0.6 is 23.2 Å². The zero-order valence-electron chi connectivity index (χ0n) is 18.2. The van der Waals surface area contributed by atoms with Crippen LogP contribution in [0.5, 0.6) is 0 Å². The normalized spacial score (nSPS) is 18.3. The van der Waals surface area contributed by atoms with Crippen LogP contribution in [0.15, 0.2) is 53.7 Å². The smallest absolute Gasteiger partial charge is 0.226 e. The molecule has 2 aliphatic rings. The number of benzene rings is 2. The van der Waals surface area contributed by atoms with Crippen LogP contribution in [0.3, 0.4) is 0 Å². The molecule has 0 saturated heterocycles. The average Bonchev–Trinajstić information content (AvgIpc) is 3.18. The second kappa shape index (κ2) is 7.75. The summed E-state index contributed by atoms with van der Waals surface area (Å²) < 4.78 is 1.77. The monoisotopic (exact) mass is 466 g/mol. The van der Waals surface area contributed by atoms with Crippen LogP contribution in [0.1, 0.15) is 57.2 Å². The molecule has 0 amide bonds. The third-order valence-corrected chi connectivity index (χ3v) is 6.99. The highest BCUT2D eigenvalue weighted by Gasteiger charge is 2.38. The van der Waals surface area contributed by atoms with E-state index >= 15 is 0 Å². The van der Waals surface area contributed by atoms with Crippen molar-refractivity contribution in [2.45, 2.75) is 51.5 Å². The minimum atomic E-state index is -0.463. The molecule has 1 atom stereocenters. The fourth-order valence-corrected chi connectivity index (χ4v) is 4.83. The van der Waals surface area contributed by atoms with Crippen molar-refractivity contribution in [2.75, 3.05) is 5.32 Å². The number of allylic oxidation sites excluding steroid dienone is 2. The van der Waals surface area contributed by atoms with Crippen molar-refractivity contribution < 1.29 is 4.79 Å². The lowest BCUT2D eigenvalue weighted by molar-refractivity contribution is -0.116. The van der Waals surface area contributed by atoms with Crippen molar-refractivity contribution in [1.29, 1.82) is 0 Å². The van der Waals surface area contributed by atoms with Crippen LogP contribution in [-0.2, 0) is 10.2 Å². The van der Waals surface area contributed by atoms with Gasteiger partial charge in [0.05, 0.1) is 10.0 Å². The summed E-state index contributed by atoms with van der Waals surface area (Å²) in [5.74, 6) is 1.31. The van der Waals surface area contributed by atoms with E-state index in [0.717, 1.165) is 29.7 Å². The van der Waals surface area contributed by atoms with E-state index < -0.39 is 6.04 Å². The summed E-state index contributed by atoms with van der Waals surface area (Å²) in [4.78, 5) is 17.8. The van der Waals surface area contributed by atoms with E-state index in [-0.39, 0.29) is 11.2 Å². The van der Waals surface area contributed by atoms with Crippen molar-refractivity contribution in [1.82, 2.24) is 14.8 Å². The number of hydrogen-bond donors (Lipinski definition) is 1. The van der Waals surface area contributed by atoms with Crippen LogP contribution in [-0.4, -0.2) is 20.5 Å². The number of aromatic nitrogens is 3. The first-order chi connectivity index (χ1) is 15.2. The zero-order chi connectivity index (χ0) is 22.6. The van der Waals surface area contributed by atoms with Crippen molar-refractivity contribution in [3.05, 3.63) is 74.9 Å². The summed E-state index contributed by atoms with van der Waals surface area (Å²) in [5.41, 5.74) is 4.59. The van der Waals surface area contributed by atoms with Gasteiger partial charge in [0, 0.05) is 28.8 Å². The second-order valence-corrected chi connectivity index (χ2v) is 10.2. The van der Waals surface area contributed by atoms with Gasteiger partial charge in [-0.2, -0.15) is 4.98 Å². The Hall–Kier alpha value is -2.63. The third-order valence-electron chi connectivity index (χ3n) is 6.15. The van der Waals surface area contributed by atoms with Gasteiger partial charge in [0.25, 0.3) is 0 Å². The molecule has 32 heavy (non-hydrogen) atoms. The Morgan fingerprint density at radius 3 is 2.53 bits per heavy atom. The standard InChI is InChI=1S/C25H24Cl2N4O/c1-25(2,3)15-12-10-14(11-13-15)23-29-24-28-18-8-5-9-19(32)20(18)22(31(24)30-23)16-6-4-7-17(26)21(16)27/h4,6-7,10-13,22H,5,8-9H2,1-3H3,(H,28,29,30). The molecule has 0 radical (unpaired) electrons. The molecule has 1 N–H and O–H groups in total. The SMILES string of the molecule is CC(C)(C)c1ccc(-c2nc3n(n2)C(c2cccc(Cl)c2Cl)C2=C(CCCC2=O)N3)cc1. The largest absolute Gasteiger partial charge is 0.328 e. The Labute approximate surface area is 197 Å². The number of ketones is 1. The van der Waals surface area contributed by atoms with Gasteiger partial charge in [0.2, 0.25) is 5.95 Å². The highest BCUT2D eigenvalue weighted by atomic mass is 35.5. The summed E-state index contributed by atoms with van der Waals surface area (Å²) in [6.07, 6.45) is 2.12. The first-order valence-electron chi connectivity index (χ1n) is 10.8. The van der Waals surface area contributed by atoms with Gasteiger partial charge in [-0.25, -0.2) is 4.68 Å². The molecule has 0 spiro atoms. The van der Waals surface area contributed by atoms with Gasteiger partial charge in [-0.1, -0.05) is 80.4 Å². The highest BCUT2D eigenvalue weighted by Crippen LogP contribution is 2.43. The fraction of sp³-hybridized carbons (Fsp3) is 0.320. The molecule has 7 heteroatoms. The maximum Gasteiger partial charge on any atom is 0.226 e. The minimum absolute atomic E-state index is 0.0682. The number of anilines is 1. The van der Waals surface area contributed by atoms with Crippen LogP contribution in [0.4, 0.5) is 5.95 Å². The van der Waals surface area contributed by atoms with Gasteiger partial charge in [-0.05, 0) is 29.9 Å². The number of Topliss-reactive ketones (excluding diaryl/α,β-unsaturated/α-hetero) is 1. The first kappa shape index (κ1) is 21.2. The van der Waals surface area contributed by atoms with E-state index in [1.165, 1.54) is 5.56 Å². The number of fused-ring (bicyclic) bond motifs is 1. The third kappa shape index (κ3) is 3.54. The topological polar surface area (TPSA) is 59.8 Å². The van der Waals surface area contributed by atoms with Gasteiger partial charge in [-0.3, -0.25) is 4.79 Å². The Bertz CT molecular complexity index is 1250. The van der Waals surface area contributed by atoms with Gasteiger partial charge in [-0.15, -0.1) is 5.10 Å². The first-order valence-corrected chi connectivity index (χ1v) is 11.5. The molecular formula is C25H24Cl2N4O. The molecule has 5 nitrogen and oxygen atoms in total. The molecular weight excluding hydrogens is 443 g/mol. The molecule has 0 bridgehead atoms. The quantitative estimate of drug-likeness (QED) is 0.463. The van der Waals surface area contributed by atoms with Crippen molar-refractivity contribution in [2.24, 2.45) is 0 Å². The maximum atomic E-state index is 13.0. The lowest BCUT2D eigenvalue weighted by atomic mass is 9.85. The molecule has 1 aromatic heterocycles. The summed E-state index contributed by atoms with van der Waals surface area (Å²) >= 11 is 12.9. The summed E-state index contributed by atoms with van der Waals surface area (Å²) in [6.45, 7) is 6.56. The minimum Gasteiger partial charge on any atom is -0.328 e. The number of carbonyl (C=O) groups excluding carboxylic acids is 1. The molecule has 1 unspecified atom stereocenters. The van der Waals surface area contributed by atoms with Gasteiger partial charge in [0.1, 0.15) is 6.04 Å². The highest BCUT2D eigenvalue weighted by molar-refractivity contribution is 6.42. The van der Waals surface area contributed by atoms with E-state index in [1.54, 1.807) is 10.7 Å². The van der Waals surface area contributed by atoms with Crippen LogP contribution in [0.2, 0.25) is 10.0 Å². The molecule has 1 aliphatic carbocycles. The molecule has 164 valence electrons. The number of rotatable bonds is 2. The lowest BCUT2D eigenvalue weighted by Crippen LogP contribution is -2.31. The second-order valence-electron chi connectivity index (χ2n) is 9.37. The summed E-state index contributed by atoms with van der Waals surface area (Å²) in [5, 5.41) is 9.07. The van der Waals surface area contributed by atoms with Crippen molar-refractivity contribution in [3.8, 4) is 11.4 Å². The predicted molar refractivity (Wildman–Crippen MR) is 128 cm³/mol. The fourth-order valence-electron chi connectivity index (χ4n) is 4.42. The zero-order valence-corrected chi connectivity index (χ0v) is 19.8. The Morgan fingerprint density at radius 2 is 1.81 bits per heavy atom. The molecule has 3 aromatic rings. The summed E-state index contributed by atoms with van der Waals surface area (Å²) in [7, 11) is 0. The number of nitrogens with one attached hydrogen (secondary N) is 1. The van der Waals surface area contributed by atoms with Gasteiger partial charge < -0.3 is 5.32 Å². The molecule has 1 aliphatic heterocycles. The number of carbonyl (C=O) groups is 1. The van der Waals surface area contributed by atoms with Crippen molar-refractivity contribution >= 4 is 34.9 Å².